The van der Waals surface area contributed by atoms with Crippen molar-refractivity contribution in [1.82, 2.24) is 20.8 Å². The van der Waals surface area contributed by atoms with Gasteiger partial charge in [0, 0.05) is 25.9 Å². The molecule has 1 aliphatic heterocycles. The topological polar surface area (TPSA) is 74.3 Å². The summed E-state index contributed by atoms with van der Waals surface area (Å²) in [5.41, 5.74) is 1.00. The molecule has 1 aromatic heterocycles. The SMILES string of the molecule is CCNC(=NCc1ccn[nH]1)NCC1CCCO1. The predicted octanol–water partition coefficient (Wildman–Crippen LogP) is 0.644. The van der Waals surface area contributed by atoms with Gasteiger partial charge in [-0.15, -0.1) is 0 Å². The molecule has 0 saturated carbocycles. The van der Waals surface area contributed by atoms with Crippen molar-refractivity contribution in [3.63, 3.8) is 0 Å². The first-order valence-electron chi connectivity index (χ1n) is 6.50. The van der Waals surface area contributed by atoms with Crippen LogP contribution in [0.15, 0.2) is 17.3 Å². The highest BCUT2D eigenvalue weighted by atomic mass is 16.5. The molecule has 0 aliphatic carbocycles. The van der Waals surface area contributed by atoms with Crippen molar-refractivity contribution in [1.29, 1.82) is 0 Å². The van der Waals surface area contributed by atoms with Gasteiger partial charge in [-0.1, -0.05) is 0 Å². The van der Waals surface area contributed by atoms with Crippen LogP contribution in [0.1, 0.15) is 25.5 Å². The van der Waals surface area contributed by atoms with Crippen LogP contribution in [0.3, 0.4) is 0 Å². The average molecular weight is 251 g/mol. The van der Waals surface area contributed by atoms with Gasteiger partial charge >= 0.3 is 0 Å². The van der Waals surface area contributed by atoms with Crippen LogP contribution in [0, 0.1) is 0 Å². The van der Waals surface area contributed by atoms with E-state index in [9.17, 15) is 0 Å². The average Bonchev–Trinajstić information content (AvgIpc) is 3.05. The molecule has 100 valence electrons. The summed E-state index contributed by atoms with van der Waals surface area (Å²) < 4.78 is 5.57. The lowest BCUT2D eigenvalue weighted by Gasteiger charge is -2.14. The van der Waals surface area contributed by atoms with Crippen molar-refractivity contribution >= 4 is 5.96 Å². The molecule has 1 aromatic rings. The second kappa shape index (κ2) is 7.00. The van der Waals surface area contributed by atoms with Crippen LogP contribution in [-0.2, 0) is 11.3 Å². The van der Waals surface area contributed by atoms with Gasteiger partial charge in [0.15, 0.2) is 5.96 Å². The summed E-state index contributed by atoms with van der Waals surface area (Å²) in [5, 5.41) is 13.3. The molecule has 3 N–H and O–H groups in total. The molecule has 0 spiro atoms. The van der Waals surface area contributed by atoms with Crippen LogP contribution in [0.5, 0.6) is 0 Å². The lowest BCUT2D eigenvalue weighted by Crippen LogP contribution is -2.41. The van der Waals surface area contributed by atoms with E-state index in [1.807, 2.05) is 6.07 Å². The first kappa shape index (κ1) is 12.9. The van der Waals surface area contributed by atoms with Gasteiger partial charge in [0.2, 0.25) is 0 Å². The third kappa shape index (κ3) is 4.03. The molecule has 1 saturated heterocycles. The highest BCUT2D eigenvalue weighted by Crippen LogP contribution is 2.10. The molecular formula is C12H21N5O. The summed E-state index contributed by atoms with van der Waals surface area (Å²) in [6.07, 6.45) is 4.35. The van der Waals surface area contributed by atoms with Crippen LogP contribution in [0.2, 0.25) is 0 Å². The van der Waals surface area contributed by atoms with Crippen LogP contribution in [0.4, 0.5) is 0 Å². The molecule has 1 unspecified atom stereocenters. The van der Waals surface area contributed by atoms with E-state index in [4.69, 9.17) is 4.74 Å². The number of rotatable bonds is 5. The molecule has 1 fully saturated rings. The van der Waals surface area contributed by atoms with Gasteiger partial charge in [-0.25, -0.2) is 4.99 Å². The van der Waals surface area contributed by atoms with Crippen molar-refractivity contribution in [3.05, 3.63) is 18.0 Å². The van der Waals surface area contributed by atoms with Gasteiger partial charge in [0.25, 0.3) is 0 Å². The van der Waals surface area contributed by atoms with Crippen molar-refractivity contribution < 1.29 is 4.74 Å². The number of nitrogens with zero attached hydrogens (tertiary/aromatic N) is 2. The maximum atomic E-state index is 5.57. The fourth-order valence-corrected chi connectivity index (χ4v) is 1.89. The second-order valence-corrected chi connectivity index (χ2v) is 4.29. The number of H-pyrrole nitrogens is 1. The Morgan fingerprint density at radius 3 is 3.22 bits per heavy atom. The Bertz CT molecular complexity index is 357. The summed E-state index contributed by atoms with van der Waals surface area (Å²) in [5.74, 6) is 0.822. The zero-order valence-corrected chi connectivity index (χ0v) is 10.8. The van der Waals surface area contributed by atoms with Crippen molar-refractivity contribution in [3.8, 4) is 0 Å². The van der Waals surface area contributed by atoms with E-state index >= 15 is 0 Å². The number of aliphatic imine (C=N–C) groups is 1. The zero-order chi connectivity index (χ0) is 12.6. The van der Waals surface area contributed by atoms with Gasteiger partial charge in [0.05, 0.1) is 18.3 Å². The Morgan fingerprint density at radius 1 is 1.61 bits per heavy atom. The molecule has 1 atom stereocenters. The van der Waals surface area contributed by atoms with E-state index in [0.29, 0.717) is 12.6 Å². The van der Waals surface area contributed by atoms with E-state index in [1.54, 1.807) is 6.20 Å². The molecule has 0 radical (unpaired) electrons. The smallest absolute Gasteiger partial charge is 0.191 e. The quantitative estimate of drug-likeness (QED) is 0.530. The standard InChI is InChI=1S/C12H21N5O/c1-2-13-12(14-8-10-5-6-16-17-10)15-9-11-4-3-7-18-11/h5-6,11H,2-4,7-9H2,1H3,(H,16,17)(H2,13,14,15). The Morgan fingerprint density at radius 2 is 2.56 bits per heavy atom. The molecule has 6 heteroatoms. The molecule has 6 nitrogen and oxygen atoms in total. The van der Waals surface area contributed by atoms with Crippen molar-refractivity contribution in [2.45, 2.75) is 32.4 Å². The molecule has 0 amide bonds. The van der Waals surface area contributed by atoms with Gasteiger partial charge in [-0.2, -0.15) is 5.10 Å². The predicted molar refractivity (Wildman–Crippen MR) is 70.4 cm³/mol. The van der Waals surface area contributed by atoms with Crippen LogP contribution in [-0.4, -0.2) is 42.0 Å². The van der Waals surface area contributed by atoms with Gasteiger partial charge in [0.1, 0.15) is 0 Å². The number of ether oxygens (including phenoxy) is 1. The normalized spacial score (nSPS) is 20.1. The maximum Gasteiger partial charge on any atom is 0.191 e. The first-order chi connectivity index (χ1) is 8.88. The molecule has 2 heterocycles. The Kier molecular flexibility index (Phi) is 5.01. The van der Waals surface area contributed by atoms with Crippen molar-refractivity contribution in [2.24, 2.45) is 4.99 Å². The number of aromatic amines is 1. The maximum absolute atomic E-state index is 5.57. The van der Waals surface area contributed by atoms with E-state index < -0.39 is 0 Å². The zero-order valence-electron chi connectivity index (χ0n) is 10.8. The highest BCUT2D eigenvalue weighted by molar-refractivity contribution is 5.79. The first-order valence-corrected chi connectivity index (χ1v) is 6.50. The lowest BCUT2D eigenvalue weighted by atomic mass is 10.2. The third-order valence-corrected chi connectivity index (χ3v) is 2.83. The molecule has 0 bridgehead atoms. The van der Waals surface area contributed by atoms with E-state index in [0.717, 1.165) is 44.2 Å². The highest BCUT2D eigenvalue weighted by Gasteiger charge is 2.15. The Hall–Kier alpha value is -1.56. The number of guanidine groups is 1. The van der Waals surface area contributed by atoms with Gasteiger partial charge in [-0.3, -0.25) is 5.10 Å². The summed E-state index contributed by atoms with van der Waals surface area (Å²) in [7, 11) is 0. The van der Waals surface area contributed by atoms with E-state index in [2.05, 4.69) is 32.7 Å². The summed E-state index contributed by atoms with van der Waals surface area (Å²) >= 11 is 0. The number of hydrogen-bond acceptors (Lipinski definition) is 3. The van der Waals surface area contributed by atoms with E-state index in [1.165, 1.54) is 0 Å². The van der Waals surface area contributed by atoms with Crippen LogP contribution in [0.25, 0.3) is 0 Å². The van der Waals surface area contributed by atoms with Gasteiger partial charge < -0.3 is 15.4 Å². The number of hydrogen-bond donors (Lipinski definition) is 3. The van der Waals surface area contributed by atoms with Crippen LogP contribution < -0.4 is 10.6 Å². The van der Waals surface area contributed by atoms with Crippen molar-refractivity contribution in [2.75, 3.05) is 19.7 Å². The lowest BCUT2D eigenvalue weighted by molar-refractivity contribution is 0.114. The fourth-order valence-electron chi connectivity index (χ4n) is 1.89. The molecule has 18 heavy (non-hydrogen) atoms. The fraction of sp³-hybridized carbons (Fsp3) is 0.667. The minimum absolute atomic E-state index is 0.320. The summed E-state index contributed by atoms with van der Waals surface area (Å²) in [4.78, 5) is 4.48. The molecule has 0 aromatic carbocycles. The molecule has 1 aliphatic rings. The largest absolute Gasteiger partial charge is 0.376 e. The second-order valence-electron chi connectivity index (χ2n) is 4.29. The minimum Gasteiger partial charge on any atom is -0.376 e. The monoisotopic (exact) mass is 251 g/mol. The number of nitrogens with one attached hydrogen (secondary N) is 3. The summed E-state index contributed by atoms with van der Waals surface area (Å²) in [6, 6.07) is 1.92. The Labute approximate surface area is 107 Å². The Balaban J connectivity index is 1.80. The van der Waals surface area contributed by atoms with Crippen LogP contribution >= 0.6 is 0 Å². The molecule has 2 rings (SSSR count). The minimum atomic E-state index is 0.320. The molecular weight excluding hydrogens is 230 g/mol. The summed E-state index contributed by atoms with van der Waals surface area (Å²) in [6.45, 7) is 5.20. The number of aromatic nitrogens is 2. The van der Waals surface area contributed by atoms with E-state index in [-0.39, 0.29) is 0 Å². The third-order valence-electron chi connectivity index (χ3n) is 2.83. The van der Waals surface area contributed by atoms with Gasteiger partial charge in [-0.05, 0) is 25.8 Å².